The number of ether oxygens (including phenoxy) is 2. The molecule has 25 heavy (non-hydrogen) atoms. The lowest BCUT2D eigenvalue weighted by Crippen LogP contribution is -2.42. The lowest BCUT2D eigenvalue weighted by molar-refractivity contribution is -0.132. The predicted molar refractivity (Wildman–Crippen MR) is 97.9 cm³/mol. The molecule has 2 aromatic rings. The fourth-order valence-corrected chi connectivity index (χ4v) is 3.19. The Labute approximate surface area is 149 Å². The summed E-state index contributed by atoms with van der Waals surface area (Å²) in [6, 6.07) is 17.6. The van der Waals surface area contributed by atoms with Crippen LogP contribution in [0.5, 0.6) is 11.5 Å². The molecule has 1 saturated heterocycles. The monoisotopic (exact) mass is 339 g/mol. The number of rotatable bonds is 6. The van der Waals surface area contributed by atoms with Gasteiger partial charge >= 0.3 is 0 Å². The fourth-order valence-electron chi connectivity index (χ4n) is 3.19. The second-order valence-corrected chi connectivity index (χ2v) is 6.50. The minimum atomic E-state index is 0.189. The average molecular weight is 339 g/mol. The van der Waals surface area contributed by atoms with Crippen molar-refractivity contribution in [2.75, 3.05) is 26.8 Å². The highest BCUT2D eigenvalue weighted by atomic mass is 16.5. The van der Waals surface area contributed by atoms with E-state index in [1.165, 1.54) is 0 Å². The molecule has 1 fully saturated rings. The number of methoxy groups -OCH3 is 1. The zero-order valence-electron chi connectivity index (χ0n) is 14.7. The van der Waals surface area contributed by atoms with Gasteiger partial charge in [0.25, 0.3) is 0 Å². The zero-order valence-corrected chi connectivity index (χ0v) is 14.7. The zero-order chi connectivity index (χ0) is 17.5. The Hall–Kier alpha value is -2.49. The van der Waals surface area contributed by atoms with E-state index in [1.54, 1.807) is 7.11 Å². The number of nitrogens with zero attached hydrogens (tertiary/aromatic N) is 1. The molecule has 4 nitrogen and oxygen atoms in total. The third-order valence-electron chi connectivity index (χ3n) is 4.62. The Kier molecular flexibility index (Phi) is 5.94. The van der Waals surface area contributed by atoms with Crippen molar-refractivity contribution < 1.29 is 14.3 Å². The van der Waals surface area contributed by atoms with Crippen LogP contribution in [0.2, 0.25) is 0 Å². The van der Waals surface area contributed by atoms with Crippen LogP contribution in [0, 0.1) is 5.92 Å². The summed E-state index contributed by atoms with van der Waals surface area (Å²) >= 11 is 0. The van der Waals surface area contributed by atoms with Gasteiger partial charge in [0.15, 0.2) is 0 Å². The van der Waals surface area contributed by atoms with Crippen molar-refractivity contribution in [2.24, 2.45) is 5.92 Å². The van der Waals surface area contributed by atoms with Crippen molar-refractivity contribution >= 4 is 5.91 Å². The van der Waals surface area contributed by atoms with Crippen LogP contribution >= 0.6 is 0 Å². The van der Waals surface area contributed by atoms with Crippen molar-refractivity contribution in [1.29, 1.82) is 0 Å². The molecule has 1 aliphatic rings. The van der Waals surface area contributed by atoms with Crippen LogP contribution in [-0.2, 0) is 11.2 Å². The summed E-state index contributed by atoms with van der Waals surface area (Å²) < 4.78 is 11.0. The first-order chi connectivity index (χ1) is 12.2. The lowest BCUT2D eigenvalue weighted by Gasteiger charge is -2.32. The number of piperidine rings is 1. The summed E-state index contributed by atoms with van der Waals surface area (Å²) in [5.74, 6) is 2.29. The van der Waals surface area contributed by atoms with Gasteiger partial charge in [-0.1, -0.05) is 30.3 Å². The Bertz CT molecular complexity index is 669. The van der Waals surface area contributed by atoms with Gasteiger partial charge in [-0.15, -0.1) is 0 Å². The topological polar surface area (TPSA) is 38.8 Å². The minimum absolute atomic E-state index is 0.189. The minimum Gasteiger partial charge on any atom is -0.497 e. The molecule has 0 bridgehead atoms. The third kappa shape index (κ3) is 4.99. The first kappa shape index (κ1) is 17.3. The number of hydrogen-bond acceptors (Lipinski definition) is 3. The molecule has 1 atom stereocenters. The van der Waals surface area contributed by atoms with Gasteiger partial charge in [0.1, 0.15) is 11.5 Å². The number of hydrogen-bond donors (Lipinski definition) is 0. The molecule has 0 spiro atoms. The number of likely N-dealkylation sites (tertiary alicyclic amines) is 1. The molecular weight excluding hydrogens is 314 g/mol. The standard InChI is InChI=1S/C21H25NO3/c1-24-19-11-9-17(10-12-19)14-21(23)22-13-5-6-18(15-22)16-25-20-7-3-2-4-8-20/h2-4,7-12,18H,5-6,13-16H2,1H3. The fraction of sp³-hybridized carbons (Fsp3) is 0.381. The molecule has 2 aromatic carbocycles. The van der Waals surface area contributed by atoms with Crippen LogP contribution < -0.4 is 9.47 Å². The number of benzene rings is 2. The van der Waals surface area contributed by atoms with Crippen LogP contribution in [-0.4, -0.2) is 37.6 Å². The van der Waals surface area contributed by atoms with Crippen molar-refractivity contribution in [3.05, 3.63) is 60.2 Å². The highest BCUT2D eigenvalue weighted by Gasteiger charge is 2.24. The molecule has 0 saturated carbocycles. The van der Waals surface area contributed by atoms with E-state index in [2.05, 4.69) is 0 Å². The van der Waals surface area contributed by atoms with Gasteiger partial charge < -0.3 is 14.4 Å². The molecule has 0 radical (unpaired) electrons. The van der Waals surface area contributed by atoms with Crippen LogP contribution in [0.4, 0.5) is 0 Å². The molecular formula is C21H25NO3. The summed E-state index contributed by atoms with van der Waals surface area (Å²) in [5, 5.41) is 0. The quantitative estimate of drug-likeness (QED) is 0.808. The first-order valence-electron chi connectivity index (χ1n) is 8.83. The van der Waals surface area contributed by atoms with Crippen molar-refractivity contribution in [3.8, 4) is 11.5 Å². The summed E-state index contributed by atoms with van der Waals surface area (Å²) in [6.07, 6.45) is 2.59. The van der Waals surface area contributed by atoms with E-state index in [9.17, 15) is 4.79 Å². The maximum Gasteiger partial charge on any atom is 0.227 e. The molecule has 0 aliphatic carbocycles. The second-order valence-electron chi connectivity index (χ2n) is 6.50. The Morgan fingerprint density at radius 1 is 1.08 bits per heavy atom. The number of carbonyl (C=O) groups excluding carboxylic acids is 1. The molecule has 3 rings (SSSR count). The highest BCUT2D eigenvalue weighted by molar-refractivity contribution is 5.78. The first-order valence-corrected chi connectivity index (χ1v) is 8.83. The number of para-hydroxylation sites is 1. The van der Waals surface area contributed by atoms with E-state index >= 15 is 0 Å². The van der Waals surface area contributed by atoms with E-state index in [0.717, 1.165) is 43.0 Å². The van der Waals surface area contributed by atoms with Crippen molar-refractivity contribution in [1.82, 2.24) is 4.90 Å². The van der Waals surface area contributed by atoms with Gasteiger partial charge in [-0.05, 0) is 42.7 Å². The Morgan fingerprint density at radius 2 is 1.84 bits per heavy atom. The average Bonchev–Trinajstić information content (AvgIpc) is 2.68. The van der Waals surface area contributed by atoms with E-state index in [0.29, 0.717) is 18.9 Å². The Balaban J connectivity index is 1.50. The van der Waals surface area contributed by atoms with E-state index in [4.69, 9.17) is 9.47 Å². The lowest BCUT2D eigenvalue weighted by atomic mass is 9.98. The van der Waals surface area contributed by atoms with Crippen LogP contribution in [0.25, 0.3) is 0 Å². The maximum absolute atomic E-state index is 12.6. The highest BCUT2D eigenvalue weighted by Crippen LogP contribution is 2.20. The molecule has 1 aliphatic heterocycles. The van der Waals surface area contributed by atoms with E-state index in [1.807, 2.05) is 59.5 Å². The summed E-state index contributed by atoms with van der Waals surface area (Å²) in [5.41, 5.74) is 1.02. The molecule has 132 valence electrons. The van der Waals surface area contributed by atoms with Crippen LogP contribution in [0.1, 0.15) is 18.4 Å². The molecule has 0 N–H and O–H groups in total. The Morgan fingerprint density at radius 3 is 2.56 bits per heavy atom. The van der Waals surface area contributed by atoms with Crippen LogP contribution in [0.15, 0.2) is 54.6 Å². The van der Waals surface area contributed by atoms with Gasteiger partial charge in [-0.2, -0.15) is 0 Å². The molecule has 0 aromatic heterocycles. The molecule has 4 heteroatoms. The van der Waals surface area contributed by atoms with Crippen molar-refractivity contribution in [3.63, 3.8) is 0 Å². The number of amides is 1. The van der Waals surface area contributed by atoms with Gasteiger partial charge in [0.05, 0.1) is 20.1 Å². The van der Waals surface area contributed by atoms with Gasteiger partial charge in [0, 0.05) is 19.0 Å². The predicted octanol–water partition coefficient (Wildman–Crippen LogP) is 3.56. The third-order valence-corrected chi connectivity index (χ3v) is 4.62. The van der Waals surface area contributed by atoms with Gasteiger partial charge in [-0.25, -0.2) is 0 Å². The smallest absolute Gasteiger partial charge is 0.227 e. The number of carbonyl (C=O) groups is 1. The SMILES string of the molecule is COc1ccc(CC(=O)N2CCCC(COc3ccccc3)C2)cc1. The summed E-state index contributed by atoms with van der Waals surface area (Å²) in [4.78, 5) is 14.6. The van der Waals surface area contributed by atoms with E-state index < -0.39 is 0 Å². The molecule has 1 amide bonds. The summed E-state index contributed by atoms with van der Waals surface area (Å²) in [6.45, 7) is 2.29. The maximum atomic E-state index is 12.6. The van der Waals surface area contributed by atoms with Crippen molar-refractivity contribution in [2.45, 2.75) is 19.3 Å². The van der Waals surface area contributed by atoms with Crippen LogP contribution in [0.3, 0.4) is 0 Å². The van der Waals surface area contributed by atoms with Gasteiger partial charge in [-0.3, -0.25) is 4.79 Å². The molecule has 1 heterocycles. The summed E-state index contributed by atoms with van der Waals surface area (Å²) in [7, 11) is 1.64. The largest absolute Gasteiger partial charge is 0.497 e. The molecule has 1 unspecified atom stereocenters. The normalized spacial score (nSPS) is 17.2. The van der Waals surface area contributed by atoms with E-state index in [-0.39, 0.29) is 5.91 Å². The van der Waals surface area contributed by atoms with Gasteiger partial charge in [0.2, 0.25) is 5.91 Å². The second kappa shape index (κ2) is 8.56.